The maximum atomic E-state index is 13.8. The zero-order valence-corrected chi connectivity index (χ0v) is 18.2. The highest BCUT2D eigenvalue weighted by atomic mass is 32.2. The van der Waals surface area contributed by atoms with E-state index in [9.17, 15) is 17.6 Å². The fourth-order valence-corrected chi connectivity index (χ4v) is 4.93. The largest absolute Gasteiger partial charge is 0.372 e. The van der Waals surface area contributed by atoms with Gasteiger partial charge in [0.15, 0.2) is 0 Å². The first-order valence-electron chi connectivity index (χ1n) is 10.1. The number of halogens is 1. The van der Waals surface area contributed by atoms with Crippen molar-refractivity contribution in [1.82, 2.24) is 9.62 Å². The summed E-state index contributed by atoms with van der Waals surface area (Å²) in [6.07, 6.45) is 3.69. The van der Waals surface area contributed by atoms with Gasteiger partial charge in [0, 0.05) is 32.4 Å². The molecule has 1 fully saturated rings. The first-order chi connectivity index (χ1) is 14.3. The predicted molar refractivity (Wildman–Crippen MR) is 115 cm³/mol. The van der Waals surface area contributed by atoms with E-state index in [0.717, 1.165) is 24.7 Å². The summed E-state index contributed by atoms with van der Waals surface area (Å²) < 4.78 is 40.9. The molecule has 2 aromatic rings. The maximum absolute atomic E-state index is 13.8. The molecule has 0 aromatic heterocycles. The average Bonchev–Trinajstić information content (AvgIpc) is 2.74. The molecule has 1 aliphatic heterocycles. The molecule has 1 saturated heterocycles. The molecule has 1 amide bonds. The molecule has 0 spiro atoms. The van der Waals surface area contributed by atoms with Gasteiger partial charge in [0.1, 0.15) is 10.7 Å². The Morgan fingerprint density at radius 3 is 2.37 bits per heavy atom. The summed E-state index contributed by atoms with van der Waals surface area (Å²) in [4.78, 5) is 16.0. The van der Waals surface area contributed by atoms with Gasteiger partial charge >= 0.3 is 0 Å². The number of likely N-dealkylation sites (N-methyl/N-ethyl adjacent to an activating group) is 1. The topological polar surface area (TPSA) is 69.7 Å². The molecule has 0 bridgehead atoms. The smallest absolute Gasteiger partial charge is 0.244 e. The molecule has 30 heavy (non-hydrogen) atoms. The van der Waals surface area contributed by atoms with Crippen LogP contribution in [-0.2, 0) is 21.4 Å². The number of hydrogen-bond acceptors (Lipinski definition) is 4. The van der Waals surface area contributed by atoms with Crippen molar-refractivity contribution in [3.05, 3.63) is 59.9 Å². The van der Waals surface area contributed by atoms with Crippen molar-refractivity contribution < 1.29 is 17.6 Å². The van der Waals surface area contributed by atoms with Crippen LogP contribution in [0.3, 0.4) is 0 Å². The lowest BCUT2D eigenvalue weighted by Gasteiger charge is -2.29. The lowest BCUT2D eigenvalue weighted by Crippen LogP contribution is -2.45. The van der Waals surface area contributed by atoms with Gasteiger partial charge in [-0.25, -0.2) is 12.8 Å². The van der Waals surface area contributed by atoms with Crippen LogP contribution >= 0.6 is 0 Å². The number of piperidine rings is 1. The zero-order valence-electron chi connectivity index (χ0n) is 17.3. The lowest BCUT2D eigenvalue weighted by molar-refractivity contribution is -0.131. The van der Waals surface area contributed by atoms with Gasteiger partial charge in [-0.05, 0) is 56.0 Å². The van der Waals surface area contributed by atoms with E-state index in [1.165, 1.54) is 55.0 Å². The minimum Gasteiger partial charge on any atom is -0.372 e. The van der Waals surface area contributed by atoms with E-state index in [1.807, 2.05) is 12.1 Å². The van der Waals surface area contributed by atoms with Gasteiger partial charge in [-0.15, -0.1) is 0 Å². The molecule has 1 atom stereocenters. The monoisotopic (exact) mass is 433 g/mol. The number of hydrogen-bond donors (Lipinski definition) is 1. The Hall–Kier alpha value is -2.45. The molecule has 1 aliphatic rings. The number of amides is 1. The number of nitrogens with zero attached hydrogens (tertiary/aromatic N) is 2. The van der Waals surface area contributed by atoms with E-state index in [-0.39, 0.29) is 0 Å². The van der Waals surface area contributed by atoms with E-state index in [4.69, 9.17) is 0 Å². The predicted octanol–water partition coefficient (Wildman–Crippen LogP) is 3.14. The molecule has 0 saturated carbocycles. The number of nitrogens with one attached hydrogen (secondary N) is 1. The third-order valence-electron chi connectivity index (χ3n) is 5.28. The molecule has 1 N–H and O–H groups in total. The summed E-state index contributed by atoms with van der Waals surface area (Å²) in [6, 6.07) is 12.2. The van der Waals surface area contributed by atoms with Gasteiger partial charge in [-0.3, -0.25) is 4.79 Å². The fourth-order valence-electron chi connectivity index (χ4n) is 3.66. The van der Waals surface area contributed by atoms with Gasteiger partial charge in [0.05, 0.1) is 6.04 Å². The summed E-state index contributed by atoms with van der Waals surface area (Å²) in [5.41, 5.74) is 2.13. The van der Waals surface area contributed by atoms with Gasteiger partial charge in [-0.1, -0.05) is 24.3 Å². The molecule has 0 unspecified atom stereocenters. The average molecular weight is 434 g/mol. The van der Waals surface area contributed by atoms with Gasteiger partial charge in [0.2, 0.25) is 15.9 Å². The summed E-state index contributed by atoms with van der Waals surface area (Å²) in [7, 11) is -2.52. The Labute approximate surface area is 177 Å². The highest BCUT2D eigenvalue weighted by Crippen LogP contribution is 2.21. The van der Waals surface area contributed by atoms with Crippen molar-refractivity contribution in [1.29, 1.82) is 0 Å². The van der Waals surface area contributed by atoms with E-state index in [1.54, 1.807) is 7.05 Å². The molecule has 2 aromatic carbocycles. The molecule has 162 valence electrons. The van der Waals surface area contributed by atoms with Crippen molar-refractivity contribution in [2.45, 2.75) is 43.7 Å². The molecule has 3 rings (SSSR count). The second kappa shape index (κ2) is 9.57. The minimum atomic E-state index is -4.14. The Morgan fingerprint density at radius 2 is 1.73 bits per heavy atom. The summed E-state index contributed by atoms with van der Waals surface area (Å²) >= 11 is 0. The van der Waals surface area contributed by atoms with Crippen LogP contribution in [0.15, 0.2) is 53.4 Å². The van der Waals surface area contributed by atoms with Crippen molar-refractivity contribution in [2.24, 2.45) is 0 Å². The highest BCUT2D eigenvalue weighted by molar-refractivity contribution is 7.89. The van der Waals surface area contributed by atoms with Crippen LogP contribution < -0.4 is 9.62 Å². The number of carbonyl (C=O) groups excluding carboxylic acids is 1. The molecule has 8 heteroatoms. The van der Waals surface area contributed by atoms with Crippen LogP contribution in [0, 0.1) is 5.82 Å². The first kappa shape index (κ1) is 22.2. The van der Waals surface area contributed by atoms with Crippen LogP contribution in [0.1, 0.15) is 31.7 Å². The fraction of sp³-hybridized carbons (Fsp3) is 0.409. The second-order valence-electron chi connectivity index (χ2n) is 7.68. The van der Waals surface area contributed by atoms with E-state index in [2.05, 4.69) is 21.8 Å². The Bertz CT molecular complexity index is 973. The van der Waals surface area contributed by atoms with Crippen molar-refractivity contribution >= 4 is 21.6 Å². The third-order valence-corrected chi connectivity index (χ3v) is 6.86. The molecule has 6 nitrogen and oxygen atoms in total. The van der Waals surface area contributed by atoms with Crippen LogP contribution in [0.4, 0.5) is 10.1 Å². The van der Waals surface area contributed by atoms with Crippen molar-refractivity contribution in [3.8, 4) is 0 Å². The number of rotatable bonds is 7. The van der Waals surface area contributed by atoms with Crippen LogP contribution in [0.2, 0.25) is 0 Å². The summed E-state index contributed by atoms with van der Waals surface area (Å²) in [6.45, 7) is 3.94. The number of benzene rings is 2. The quantitative estimate of drug-likeness (QED) is 0.728. The van der Waals surface area contributed by atoms with E-state index in [0.29, 0.717) is 6.54 Å². The molecule has 0 aliphatic carbocycles. The minimum absolute atomic E-state index is 0.352. The maximum Gasteiger partial charge on any atom is 0.244 e. The summed E-state index contributed by atoms with van der Waals surface area (Å²) in [5.74, 6) is -1.25. The van der Waals surface area contributed by atoms with Gasteiger partial charge < -0.3 is 9.80 Å². The third kappa shape index (κ3) is 5.37. The lowest BCUT2D eigenvalue weighted by atomic mass is 10.1. The Kier molecular flexibility index (Phi) is 7.10. The normalized spacial score (nSPS) is 15.6. The summed E-state index contributed by atoms with van der Waals surface area (Å²) in [5, 5.41) is 0. The molecular weight excluding hydrogens is 405 g/mol. The van der Waals surface area contributed by atoms with Crippen LogP contribution in [0.5, 0.6) is 0 Å². The van der Waals surface area contributed by atoms with Gasteiger partial charge in [0.25, 0.3) is 0 Å². The zero-order chi connectivity index (χ0) is 21.7. The SMILES string of the molecule is C[C@@H](NS(=O)(=O)c1ccccc1F)C(=O)N(C)Cc1ccc(N2CCCCC2)cc1. The number of carbonyl (C=O) groups is 1. The van der Waals surface area contributed by atoms with Crippen LogP contribution in [-0.4, -0.2) is 45.4 Å². The first-order valence-corrected chi connectivity index (χ1v) is 11.6. The van der Waals surface area contributed by atoms with Gasteiger partial charge in [-0.2, -0.15) is 4.72 Å². The Balaban J connectivity index is 1.60. The number of anilines is 1. The second-order valence-corrected chi connectivity index (χ2v) is 9.36. The standard InChI is InChI=1S/C22H28FN3O3S/c1-17(24-30(28,29)21-9-5-4-8-20(21)23)22(27)25(2)16-18-10-12-19(13-11-18)26-14-6-3-7-15-26/h4-5,8-13,17,24H,3,6-7,14-16H2,1-2H3/t17-/m1/s1. The van der Waals surface area contributed by atoms with Crippen LogP contribution in [0.25, 0.3) is 0 Å². The number of sulfonamides is 1. The Morgan fingerprint density at radius 1 is 1.10 bits per heavy atom. The highest BCUT2D eigenvalue weighted by Gasteiger charge is 2.26. The van der Waals surface area contributed by atoms with E-state index < -0.39 is 32.7 Å². The molecule has 1 heterocycles. The van der Waals surface area contributed by atoms with Crippen molar-refractivity contribution in [3.63, 3.8) is 0 Å². The van der Waals surface area contributed by atoms with Crippen molar-refractivity contribution in [2.75, 3.05) is 25.0 Å². The van der Waals surface area contributed by atoms with E-state index >= 15 is 0 Å². The molecule has 0 radical (unpaired) electrons. The molecular formula is C22H28FN3O3S.